The molecule has 2 aromatic rings. The highest BCUT2D eigenvalue weighted by atomic mass is 16.5. The van der Waals surface area contributed by atoms with E-state index in [2.05, 4.69) is 10.5 Å². The molecule has 0 aliphatic heterocycles. The van der Waals surface area contributed by atoms with E-state index < -0.39 is 5.97 Å². The van der Waals surface area contributed by atoms with Gasteiger partial charge in [-0.3, -0.25) is 9.59 Å². The minimum Gasteiger partial charge on any atom is -0.454 e. The van der Waals surface area contributed by atoms with E-state index in [4.69, 9.17) is 9.26 Å². The Morgan fingerprint density at radius 1 is 1.16 bits per heavy atom. The van der Waals surface area contributed by atoms with Crippen LogP contribution in [0.3, 0.4) is 0 Å². The summed E-state index contributed by atoms with van der Waals surface area (Å²) in [6.07, 6.45) is 0.676. The van der Waals surface area contributed by atoms with Crippen LogP contribution in [-0.2, 0) is 16.0 Å². The Morgan fingerprint density at radius 3 is 2.40 bits per heavy atom. The molecular weight excluding hydrogens is 324 g/mol. The number of hydrogen-bond acceptors (Lipinski definition) is 6. The number of ketones is 1. The maximum Gasteiger partial charge on any atom is 0.344 e. The van der Waals surface area contributed by atoms with Gasteiger partial charge in [0.05, 0.1) is 5.69 Å². The van der Waals surface area contributed by atoms with Crippen LogP contribution >= 0.6 is 0 Å². The summed E-state index contributed by atoms with van der Waals surface area (Å²) >= 11 is 0. The summed E-state index contributed by atoms with van der Waals surface area (Å²) in [5, 5.41) is 6.39. The Bertz CT molecular complexity index is 758. The molecule has 0 unspecified atom stereocenters. The fraction of sp³-hybridized carbons (Fsp3) is 0.333. The highest BCUT2D eigenvalue weighted by Crippen LogP contribution is 2.14. The molecule has 0 aliphatic carbocycles. The van der Waals surface area contributed by atoms with Crippen LogP contribution in [0.1, 0.15) is 44.7 Å². The van der Waals surface area contributed by atoms with E-state index in [1.54, 1.807) is 26.0 Å². The number of hydrogen-bond donors (Lipinski definition) is 1. The first kappa shape index (κ1) is 18.4. The molecule has 7 nitrogen and oxygen atoms in total. The number of carbonyl (C=O) groups is 3. The van der Waals surface area contributed by atoms with Gasteiger partial charge < -0.3 is 14.6 Å². The number of esters is 1. The molecule has 0 aliphatic rings. The topological polar surface area (TPSA) is 98.5 Å². The Balaban J connectivity index is 1.88. The predicted octanol–water partition coefficient (Wildman–Crippen LogP) is 2.01. The van der Waals surface area contributed by atoms with Gasteiger partial charge in [0.2, 0.25) is 5.91 Å². The van der Waals surface area contributed by atoms with Gasteiger partial charge in [-0.25, -0.2) is 4.79 Å². The van der Waals surface area contributed by atoms with Crippen molar-refractivity contribution >= 4 is 17.7 Å². The number of amides is 1. The number of nitrogens with zero attached hydrogens (tertiary/aromatic N) is 1. The van der Waals surface area contributed by atoms with E-state index in [0.29, 0.717) is 30.0 Å². The molecule has 1 heterocycles. The number of carbonyl (C=O) groups excluding carboxylic acids is 3. The maximum absolute atomic E-state index is 12.1. The Hall–Kier alpha value is -2.96. The number of rotatable bonds is 7. The first-order chi connectivity index (χ1) is 11.9. The summed E-state index contributed by atoms with van der Waals surface area (Å²) in [6, 6.07) is 6.97. The summed E-state index contributed by atoms with van der Waals surface area (Å²) in [5.41, 5.74) is 2.13. The van der Waals surface area contributed by atoms with Gasteiger partial charge in [0.25, 0.3) is 0 Å². The quantitative estimate of drug-likeness (QED) is 0.609. The zero-order valence-corrected chi connectivity index (χ0v) is 14.4. The van der Waals surface area contributed by atoms with Crippen LogP contribution in [0, 0.1) is 13.8 Å². The SMILES string of the molecule is CC(=O)NCCc1ccc(C(=O)COC(=O)c2c(C)noc2C)cc1. The van der Waals surface area contributed by atoms with Crippen molar-refractivity contribution in [1.29, 1.82) is 0 Å². The van der Waals surface area contributed by atoms with Crippen molar-refractivity contribution in [2.24, 2.45) is 0 Å². The average molecular weight is 344 g/mol. The average Bonchev–Trinajstić information content (AvgIpc) is 2.91. The number of ether oxygens (including phenoxy) is 1. The summed E-state index contributed by atoms with van der Waals surface area (Å²) in [4.78, 5) is 35.0. The third-order valence-electron chi connectivity index (χ3n) is 3.64. The summed E-state index contributed by atoms with van der Waals surface area (Å²) in [6.45, 7) is 4.89. The lowest BCUT2D eigenvalue weighted by Gasteiger charge is -2.06. The van der Waals surface area contributed by atoms with Crippen molar-refractivity contribution in [2.45, 2.75) is 27.2 Å². The molecule has 1 amide bonds. The van der Waals surface area contributed by atoms with E-state index in [1.807, 2.05) is 12.1 Å². The van der Waals surface area contributed by atoms with E-state index >= 15 is 0 Å². The lowest BCUT2D eigenvalue weighted by molar-refractivity contribution is -0.118. The summed E-state index contributed by atoms with van der Waals surface area (Å²) < 4.78 is 9.96. The molecule has 0 bridgehead atoms. The molecule has 0 fully saturated rings. The lowest BCUT2D eigenvalue weighted by atomic mass is 10.1. The fourth-order valence-corrected chi connectivity index (χ4v) is 2.30. The normalized spacial score (nSPS) is 10.4. The third-order valence-corrected chi connectivity index (χ3v) is 3.64. The van der Waals surface area contributed by atoms with Gasteiger partial charge in [-0.05, 0) is 25.8 Å². The van der Waals surface area contributed by atoms with E-state index in [-0.39, 0.29) is 23.9 Å². The molecule has 0 saturated carbocycles. The maximum atomic E-state index is 12.1. The Morgan fingerprint density at radius 2 is 1.84 bits per heavy atom. The van der Waals surface area contributed by atoms with Gasteiger partial charge in [0, 0.05) is 19.0 Å². The largest absolute Gasteiger partial charge is 0.454 e. The molecule has 0 saturated heterocycles. The van der Waals surface area contributed by atoms with Crippen LogP contribution in [-0.4, -0.2) is 36.0 Å². The molecule has 7 heteroatoms. The van der Waals surface area contributed by atoms with Gasteiger partial charge in [0.15, 0.2) is 12.4 Å². The van der Waals surface area contributed by atoms with Crippen molar-refractivity contribution in [2.75, 3.05) is 13.2 Å². The second-order valence-corrected chi connectivity index (χ2v) is 5.63. The molecule has 0 atom stereocenters. The zero-order valence-electron chi connectivity index (χ0n) is 14.4. The molecule has 2 rings (SSSR count). The molecule has 25 heavy (non-hydrogen) atoms. The van der Waals surface area contributed by atoms with Gasteiger partial charge in [-0.2, -0.15) is 0 Å². The molecule has 0 spiro atoms. The van der Waals surface area contributed by atoms with Crippen LogP contribution in [0.2, 0.25) is 0 Å². The molecule has 1 aromatic heterocycles. The first-order valence-electron chi connectivity index (χ1n) is 7.85. The van der Waals surface area contributed by atoms with Crippen LogP contribution in [0.15, 0.2) is 28.8 Å². The molecule has 132 valence electrons. The number of nitrogens with one attached hydrogen (secondary N) is 1. The van der Waals surface area contributed by atoms with E-state index in [1.165, 1.54) is 6.92 Å². The number of aromatic nitrogens is 1. The first-order valence-corrected chi connectivity index (χ1v) is 7.85. The highest BCUT2D eigenvalue weighted by molar-refractivity contribution is 5.99. The smallest absolute Gasteiger partial charge is 0.344 e. The standard InChI is InChI=1S/C18H20N2O5/c1-11-17(12(2)25-20-11)18(23)24-10-16(22)15-6-4-14(5-7-15)8-9-19-13(3)21/h4-7H,8-10H2,1-3H3,(H,19,21). The zero-order chi connectivity index (χ0) is 18.4. The van der Waals surface area contributed by atoms with Gasteiger partial charge in [-0.15, -0.1) is 0 Å². The van der Waals surface area contributed by atoms with Crippen molar-refractivity contribution in [1.82, 2.24) is 10.5 Å². The summed E-state index contributed by atoms with van der Waals surface area (Å²) in [7, 11) is 0. The van der Waals surface area contributed by atoms with Crippen LogP contribution in [0.25, 0.3) is 0 Å². The molecular formula is C18H20N2O5. The lowest BCUT2D eigenvalue weighted by Crippen LogP contribution is -2.22. The fourth-order valence-electron chi connectivity index (χ4n) is 2.30. The van der Waals surface area contributed by atoms with Gasteiger partial charge in [0.1, 0.15) is 11.3 Å². The van der Waals surface area contributed by atoms with E-state index in [0.717, 1.165) is 5.56 Å². The highest BCUT2D eigenvalue weighted by Gasteiger charge is 2.20. The number of aryl methyl sites for hydroxylation is 2. The van der Waals surface area contributed by atoms with Crippen molar-refractivity contribution < 1.29 is 23.6 Å². The minimum atomic E-state index is -0.628. The number of benzene rings is 1. The second kappa shape index (κ2) is 8.23. The Kier molecular flexibility index (Phi) is 6.05. The molecule has 1 aromatic carbocycles. The predicted molar refractivity (Wildman–Crippen MR) is 89.4 cm³/mol. The van der Waals surface area contributed by atoms with Gasteiger partial charge >= 0.3 is 5.97 Å². The second-order valence-electron chi connectivity index (χ2n) is 5.63. The van der Waals surface area contributed by atoms with Crippen molar-refractivity contribution in [3.05, 3.63) is 52.4 Å². The van der Waals surface area contributed by atoms with Gasteiger partial charge in [-0.1, -0.05) is 29.4 Å². The van der Waals surface area contributed by atoms with Crippen LogP contribution in [0.5, 0.6) is 0 Å². The number of Topliss-reactive ketones (excluding diaryl/α,β-unsaturated/α-hetero) is 1. The third kappa shape index (κ3) is 5.00. The summed E-state index contributed by atoms with van der Waals surface area (Å²) in [5.74, 6) is -0.643. The van der Waals surface area contributed by atoms with Crippen LogP contribution in [0.4, 0.5) is 0 Å². The Labute approximate surface area is 145 Å². The molecule has 1 N–H and O–H groups in total. The van der Waals surface area contributed by atoms with Crippen molar-refractivity contribution in [3.63, 3.8) is 0 Å². The van der Waals surface area contributed by atoms with Crippen LogP contribution < -0.4 is 5.32 Å². The minimum absolute atomic E-state index is 0.0769. The monoisotopic (exact) mass is 344 g/mol. The molecule has 0 radical (unpaired) electrons. The van der Waals surface area contributed by atoms with E-state index in [9.17, 15) is 14.4 Å². The van der Waals surface area contributed by atoms with Crippen molar-refractivity contribution in [3.8, 4) is 0 Å².